The van der Waals surface area contributed by atoms with E-state index in [1.165, 1.54) is 24.6 Å². The number of phenols is 1. The Morgan fingerprint density at radius 2 is 1.86 bits per heavy atom. The summed E-state index contributed by atoms with van der Waals surface area (Å²) in [7, 11) is 0. The van der Waals surface area contributed by atoms with Crippen molar-refractivity contribution >= 4 is 17.7 Å². The van der Waals surface area contributed by atoms with E-state index in [9.17, 15) is 14.7 Å². The molecule has 0 aliphatic heterocycles. The number of rotatable bonds is 3. The van der Waals surface area contributed by atoms with E-state index in [1.54, 1.807) is 0 Å². The van der Waals surface area contributed by atoms with Crippen molar-refractivity contribution in [2.24, 2.45) is 0 Å². The van der Waals surface area contributed by atoms with Crippen LogP contribution in [-0.4, -0.2) is 28.4 Å². The summed E-state index contributed by atoms with van der Waals surface area (Å²) in [5.41, 5.74) is 0.0153. The molecule has 1 amide bonds. The molecule has 1 saturated carbocycles. The molecular formula is C14H17NNiO5. The average Bonchev–Trinajstić information content (AvgIpc) is 2.41. The van der Waals surface area contributed by atoms with Gasteiger partial charge in [0.2, 0.25) is 0 Å². The number of amides is 1. The molecule has 0 unspecified atom stereocenters. The minimum Gasteiger partial charge on any atom is -0.507 e. The Labute approximate surface area is 132 Å². The van der Waals surface area contributed by atoms with E-state index in [2.05, 4.69) is 5.32 Å². The van der Waals surface area contributed by atoms with Gasteiger partial charge in [-0.2, -0.15) is 0 Å². The molecule has 0 saturated heterocycles. The normalized spacial score (nSPS) is 14.9. The summed E-state index contributed by atoms with van der Waals surface area (Å²) >= 11 is 0. The van der Waals surface area contributed by atoms with Gasteiger partial charge in [-0.1, -0.05) is 6.42 Å². The van der Waals surface area contributed by atoms with E-state index < -0.39 is 12.1 Å². The average molecular weight is 338 g/mol. The van der Waals surface area contributed by atoms with Gasteiger partial charge in [-0.3, -0.25) is 5.32 Å². The van der Waals surface area contributed by atoms with Gasteiger partial charge in [0.15, 0.2) is 0 Å². The molecule has 3 N–H and O–H groups in total. The summed E-state index contributed by atoms with van der Waals surface area (Å²) < 4.78 is 5.27. The van der Waals surface area contributed by atoms with Gasteiger partial charge in [0, 0.05) is 22.2 Å². The fourth-order valence-corrected chi connectivity index (χ4v) is 2.27. The van der Waals surface area contributed by atoms with Gasteiger partial charge in [0.05, 0.1) is 0 Å². The van der Waals surface area contributed by atoms with Gasteiger partial charge in [-0.05, 0) is 43.9 Å². The summed E-state index contributed by atoms with van der Waals surface area (Å²) in [6, 6.07) is 3.84. The zero-order valence-corrected chi connectivity index (χ0v) is 12.3. The number of hydrogen-bond acceptors (Lipinski definition) is 4. The maximum atomic E-state index is 11.7. The van der Waals surface area contributed by atoms with E-state index in [-0.39, 0.29) is 39.6 Å². The van der Waals surface area contributed by atoms with Crippen LogP contribution in [0.25, 0.3) is 0 Å². The van der Waals surface area contributed by atoms with E-state index in [1.807, 2.05) is 0 Å². The summed E-state index contributed by atoms with van der Waals surface area (Å²) in [5.74, 6) is -1.60. The molecule has 21 heavy (non-hydrogen) atoms. The van der Waals surface area contributed by atoms with Crippen LogP contribution < -0.4 is 5.32 Å². The Kier molecular flexibility index (Phi) is 6.50. The van der Waals surface area contributed by atoms with Crippen LogP contribution in [0.1, 0.15) is 42.5 Å². The van der Waals surface area contributed by atoms with Gasteiger partial charge < -0.3 is 14.9 Å². The van der Waals surface area contributed by atoms with Crippen molar-refractivity contribution in [2.45, 2.75) is 38.2 Å². The predicted octanol–water partition coefficient (Wildman–Crippen LogP) is 2.97. The number of carboxylic acid groups (broad SMARTS) is 1. The van der Waals surface area contributed by atoms with Gasteiger partial charge in [0.1, 0.15) is 17.4 Å². The number of nitrogens with one attached hydrogen (secondary N) is 1. The second-order valence-electron chi connectivity index (χ2n) is 4.83. The molecule has 7 heteroatoms. The fourth-order valence-electron chi connectivity index (χ4n) is 2.27. The zero-order chi connectivity index (χ0) is 14.5. The summed E-state index contributed by atoms with van der Waals surface area (Å²) in [6.07, 6.45) is 4.34. The SMILES string of the molecule is O=C(Nc1ccc(O)c(C(=O)O)c1)OC1CCCCC1.[Ni]. The van der Waals surface area contributed by atoms with Crippen molar-refractivity contribution in [1.29, 1.82) is 0 Å². The van der Waals surface area contributed by atoms with Crippen LogP contribution in [0.3, 0.4) is 0 Å². The first-order chi connectivity index (χ1) is 9.56. The molecule has 2 rings (SSSR count). The Hall–Kier alpha value is -1.75. The third-order valence-corrected chi connectivity index (χ3v) is 3.30. The first kappa shape index (κ1) is 17.3. The van der Waals surface area contributed by atoms with Gasteiger partial charge >= 0.3 is 12.1 Å². The number of aromatic hydroxyl groups is 1. The smallest absolute Gasteiger partial charge is 0.411 e. The summed E-state index contributed by atoms with van der Waals surface area (Å²) in [6.45, 7) is 0. The van der Waals surface area contributed by atoms with Crippen molar-refractivity contribution in [1.82, 2.24) is 0 Å². The summed E-state index contributed by atoms with van der Waals surface area (Å²) in [5, 5.41) is 20.7. The fraction of sp³-hybridized carbons (Fsp3) is 0.429. The monoisotopic (exact) mass is 337 g/mol. The minimum atomic E-state index is -1.26. The molecule has 1 aliphatic carbocycles. The maximum Gasteiger partial charge on any atom is 0.411 e. The third-order valence-electron chi connectivity index (χ3n) is 3.30. The number of ether oxygens (including phenoxy) is 1. The molecule has 0 radical (unpaired) electrons. The molecule has 1 aromatic rings. The molecule has 0 spiro atoms. The van der Waals surface area contributed by atoms with Crippen LogP contribution in [-0.2, 0) is 21.2 Å². The molecule has 0 aromatic heterocycles. The van der Waals surface area contributed by atoms with Gasteiger partial charge in [-0.15, -0.1) is 0 Å². The summed E-state index contributed by atoms with van der Waals surface area (Å²) in [4.78, 5) is 22.6. The number of hydrogen-bond donors (Lipinski definition) is 3. The maximum absolute atomic E-state index is 11.7. The first-order valence-electron chi connectivity index (χ1n) is 6.60. The number of carbonyl (C=O) groups excluding carboxylic acids is 1. The van der Waals surface area contributed by atoms with Crippen LogP contribution in [0.2, 0.25) is 0 Å². The largest absolute Gasteiger partial charge is 0.507 e. The molecule has 0 atom stereocenters. The second-order valence-corrected chi connectivity index (χ2v) is 4.83. The number of benzene rings is 1. The van der Waals surface area contributed by atoms with E-state index >= 15 is 0 Å². The Morgan fingerprint density at radius 3 is 2.48 bits per heavy atom. The van der Waals surface area contributed by atoms with Crippen molar-refractivity contribution in [3.8, 4) is 5.75 Å². The molecule has 1 aromatic carbocycles. The van der Waals surface area contributed by atoms with Gasteiger partial charge in [0.25, 0.3) is 0 Å². The molecule has 118 valence electrons. The molecule has 1 aliphatic rings. The van der Waals surface area contributed by atoms with Gasteiger partial charge in [-0.25, -0.2) is 9.59 Å². The zero-order valence-electron chi connectivity index (χ0n) is 11.3. The Bertz CT molecular complexity index is 514. The van der Waals surface area contributed by atoms with Crippen LogP contribution in [0.4, 0.5) is 10.5 Å². The van der Waals surface area contributed by atoms with E-state index in [0.717, 1.165) is 25.7 Å². The number of anilines is 1. The third kappa shape index (κ3) is 4.94. The molecule has 0 heterocycles. The predicted molar refractivity (Wildman–Crippen MR) is 72.0 cm³/mol. The number of carboxylic acids is 1. The van der Waals surface area contributed by atoms with E-state index in [4.69, 9.17) is 9.84 Å². The molecule has 0 bridgehead atoms. The van der Waals surface area contributed by atoms with E-state index in [0.29, 0.717) is 0 Å². The Morgan fingerprint density at radius 1 is 1.19 bits per heavy atom. The van der Waals surface area contributed by atoms with Crippen molar-refractivity contribution in [2.75, 3.05) is 5.32 Å². The first-order valence-corrected chi connectivity index (χ1v) is 6.60. The van der Waals surface area contributed by atoms with Crippen molar-refractivity contribution in [3.63, 3.8) is 0 Å². The van der Waals surface area contributed by atoms with Crippen LogP contribution in [0, 0.1) is 0 Å². The van der Waals surface area contributed by atoms with Crippen LogP contribution >= 0.6 is 0 Å². The molecule has 6 nitrogen and oxygen atoms in total. The Balaban J connectivity index is 0.00000220. The second kappa shape index (κ2) is 7.88. The minimum absolute atomic E-state index is 0. The number of aromatic carboxylic acids is 1. The van der Waals surface area contributed by atoms with Crippen LogP contribution in [0.15, 0.2) is 18.2 Å². The van der Waals surface area contributed by atoms with Crippen molar-refractivity contribution in [3.05, 3.63) is 23.8 Å². The molecule has 1 fully saturated rings. The molecular weight excluding hydrogens is 321 g/mol. The quantitative estimate of drug-likeness (QED) is 0.582. The topological polar surface area (TPSA) is 95.9 Å². The number of carbonyl (C=O) groups is 2. The van der Waals surface area contributed by atoms with Crippen molar-refractivity contribution < 1.29 is 41.0 Å². The van der Waals surface area contributed by atoms with Crippen LogP contribution in [0.5, 0.6) is 5.75 Å². The standard InChI is InChI=1S/C14H17NO5.Ni/c16-12-7-6-9(8-11(12)13(17)18)15-14(19)20-10-4-2-1-3-5-10;/h6-8,10,16H,1-5H2,(H,15,19)(H,17,18);.